The van der Waals surface area contributed by atoms with Crippen LogP contribution in [0.5, 0.6) is 0 Å². The Morgan fingerprint density at radius 3 is 3.17 bits per heavy atom. The van der Waals surface area contributed by atoms with Gasteiger partial charge < -0.3 is 4.98 Å². The maximum atomic E-state index is 8.44. The van der Waals surface area contributed by atoms with Gasteiger partial charge in [-0.05, 0) is 18.2 Å². The zero-order valence-corrected chi connectivity index (χ0v) is 6.41. The molecule has 3 nitrogen and oxygen atoms in total. The summed E-state index contributed by atoms with van der Waals surface area (Å²) in [6, 6.07) is 7.86. The molecular formula is C9H7N3. The van der Waals surface area contributed by atoms with Crippen molar-refractivity contribution in [3.05, 3.63) is 30.1 Å². The van der Waals surface area contributed by atoms with Crippen molar-refractivity contribution in [2.75, 3.05) is 0 Å². The van der Waals surface area contributed by atoms with Crippen molar-refractivity contribution in [3.63, 3.8) is 0 Å². The summed E-state index contributed by atoms with van der Waals surface area (Å²) in [6.45, 7) is 0. The third-order valence-corrected chi connectivity index (χ3v) is 1.73. The second-order valence-electron chi connectivity index (χ2n) is 2.55. The molecule has 0 spiro atoms. The number of nitrogens with zero attached hydrogens (tertiary/aromatic N) is 2. The van der Waals surface area contributed by atoms with Gasteiger partial charge in [0.1, 0.15) is 5.65 Å². The van der Waals surface area contributed by atoms with E-state index in [1.807, 2.05) is 24.4 Å². The van der Waals surface area contributed by atoms with Crippen LogP contribution in [0.15, 0.2) is 24.4 Å². The van der Waals surface area contributed by atoms with E-state index in [9.17, 15) is 0 Å². The maximum Gasteiger partial charge on any atom is 0.137 e. The van der Waals surface area contributed by atoms with Crippen molar-refractivity contribution >= 4 is 11.0 Å². The van der Waals surface area contributed by atoms with Gasteiger partial charge in [0.25, 0.3) is 0 Å². The standard InChI is InChI=1S/C9H7N3/c10-5-3-8-2-1-7-4-6-11-9(7)12-8/h1-2,4,6H,3H2,(H,11,12). The average Bonchev–Trinajstić information content (AvgIpc) is 2.51. The van der Waals surface area contributed by atoms with E-state index in [-0.39, 0.29) is 0 Å². The molecule has 2 rings (SSSR count). The molecule has 0 aliphatic rings. The smallest absolute Gasteiger partial charge is 0.137 e. The largest absolute Gasteiger partial charge is 0.346 e. The first-order chi connectivity index (χ1) is 5.90. The van der Waals surface area contributed by atoms with Gasteiger partial charge in [0.05, 0.1) is 18.2 Å². The number of nitriles is 1. The average molecular weight is 157 g/mol. The molecule has 12 heavy (non-hydrogen) atoms. The van der Waals surface area contributed by atoms with E-state index in [2.05, 4.69) is 16.0 Å². The van der Waals surface area contributed by atoms with E-state index < -0.39 is 0 Å². The molecule has 0 fully saturated rings. The minimum Gasteiger partial charge on any atom is -0.346 e. The van der Waals surface area contributed by atoms with Gasteiger partial charge in [-0.3, -0.25) is 0 Å². The molecule has 0 bridgehead atoms. The van der Waals surface area contributed by atoms with Crippen molar-refractivity contribution in [1.29, 1.82) is 5.26 Å². The van der Waals surface area contributed by atoms with E-state index in [1.165, 1.54) is 0 Å². The fourth-order valence-electron chi connectivity index (χ4n) is 1.15. The normalized spacial score (nSPS) is 9.92. The fourth-order valence-corrected chi connectivity index (χ4v) is 1.15. The van der Waals surface area contributed by atoms with Crippen LogP contribution in [0.3, 0.4) is 0 Å². The maximum absolute atomic E-state index is 8.44. The number of fused-ring (bicyclic) bond motifs is 1. The van der Waals surface area contributed by atoms with Crippen LogP contribution >= 0.6 is 0 Å². The SMILES string of the molecule is N#CCc1ccc2cc[nH]c2n1. The Kier molecular flexibility index (Phi) is 1.52. The molecule has 0 atom stereocenters. The highest BCUT2D eigenvalue weighted by molar-refractivity contribution is 5.75. The second-order valence-corrected chi connectivity index (χ2v) is 2.55. The van der Waals surface area contributed by atoms with Crippen LogP contribution in [0.4, 0.5) is 0 Å². The third-order valence-electron chi connectivity index (χ3n) is 1.73. The first-order valence-electron chi connectivity index (χ1n) is 3.70. The molecule has 2 aromatic rings. The molecule has 0 amide bonds. The first-order valence-corrected chi connectivity index (χ1v) is 3.70. The Bertz CT molecular complexity index is 436. The van der Waals surface area contributed by atoms with Gasteiger partial charge in [-0.25, -0.2) is 4.98 Å². The second kappa shape index (κ2) is 2.67. The molecular weight excluding hydrogens is 150 g/mol. The van der Waals surface area contributed by atoms with Crippen LogP contribution in [0.1, 0.15) is 5.69 Å². The summed E-state index contributed by atoms with van der Waals surface area (Å²) >= 11 is 0. The predicted octanol–water partition coefficient (Wildman–Crippen LogP) is 1.63. The van der Waals surface area contributed by atoms with E-state index >= 15 is 0 Å². The molecule has 1 N–H and O–H groups in total. The number of hydrogen-bond acceptors (Lipinski definition) is 2. The van der Waals surface area contributed by atoms with Crippen molar-refractivity contribution in [2.45, 2.75) is 6.42 Å². The van der Waals surface area contributed by atoms with Gasteiger partial charge in [-0.2, -0.15) is 5.26 Å². The summed E-state index contributed by atoms with van der Waals surface area (Å²) in [4.78, 5) is 7.24. The quantitative estimate of drug-likeness (QED) is 0.684. The third kappa shape index (κ3) is 1.04. The molecule has 0 saturated heterocycles. The van der Waals surface area contributed by atoms with Gasteiger partial charge in [0, 0.05) is 11.6 Å². The van der Waals surface area contributed by atoms with Crippen LogP contribution in [-0.2, 0) is 6.42 Å². The molecule has 0 saturated carbocycles. The minimum absolute atomic E-state index is 0.370. The first kappa shape index (κ1) is 6.86. The lowest BCUT2D eigenvalue weighted by Gasteiger charge is -1.92. The molecule has 0 aromatic carbocycles. The summed E-state index contributed by atoms with van der Waals surface area (Å²) in [7, 11) is 0. The monoisotopic (exact) mass is 157 g/mol. The number of rotatable bonds is 1. The predicted molar refractivity (Wildman–Crippen MR) is 45.4 cm³/mol. The van der Waals surface area contributed by atoms with Crippen molar-refractivity contribution in [3.8, 4) is 6.07 Å². The molecule has 2 aromatic heterocycles. The number of nitrogens with one attached hydrogen (secondary N) is 1. The minimum atomic E-state index is 0.370. The van der Waals surface area contributed by atoms with E-state index in [1.54, 1.807) is 0 Å². The lowest BCUT2D eigenvalue weighted by molar-refractivity contribution is 1.13. The topological polar surface area (TPSA) is 52.5 Å². The van der Waals surface area contributed by atoms with Crippen molar-refractivity contribution in [2.24, 2.45) is 0 Å². The summed E-state index contributed by atoms with van der Waals surface area (Å²) in [6.07, 6.45) is 2.21. The zero-order valence-electron chi connectivity index (χ0n) is 6.41. The van der Waals surface area contributed by atoms with E-state index in [0.717, 1.165) is 16.7 Å². The van der Waals surface area contributed by atoms with Gasteiger partial charge in [0.15, 0.2) is 0 Å². The van der Waals surface area contributed by atoms with Gasteiger partial charge in [-0.1, -0.05) is 0 Å². The molecule has 0 aliphatic heterocycles. The summed E-state index contributed by atoms with van der Waals surface area (Å²) in [5.41, 5.74) is 1.66. The Balaban J connectivity index is 2.54. The Morgan fingerprint density at radius 2 is 2.33 bits per heavy atom. The molecule has 0 radical (unpaired) electrons. The van der Waals surface area contributed by atoms with E-state index in [0.29, 0.717) is 6.42 Å². The molecule has 3 heteroatoms. The van der Waals surface area contributed by atoms with Gasteiger partial charge in [0.2, 0.25) is 0 Å². The van der Waals surface area contributed by atoms with Crippen LogP contribution in [-0.4, -0.2) is 9.97 Å². The highest BCUT2D eigenvalue weighted by Crippen LogP contribution is 2.09. The molecule has 0 unspecified atom stereocenters. The van der Waals surface area contributed by atoms with Crippen LogP contribution < -0.4 is 0 Å². The fraction of sp³-hybridized carbons (Fsp3) is 0.111. The number of pyridine rings is 1. The Hall–Kier alpha value is -1.82. The van der Waals surface area contributed by atoms with Crippen molar-refractivity contribution in [1.82, 2.24) is 9.97 Å². The number of aromatic nitrogens is 2. The lowest BCUT2D eigenvalue weighted by atomic mass is 10.2. The highest BCUT2D eigenvalue weighted by atomic mass is 14.8. The Morgan fingerprint density at radius 1 is 1.42 bits per heavy atom. The molecule has 0 aliphatic carbocycles. The van der Waals surface area contributed by atoms with Crippen LogP contribution in [0.25, 0.3) is 11.0 Å². The molecule has 2 heterocycles. The van der Waals surface area contributed by atoms with Crippen molar-refractivity contribution < 1.29 is 0 Å². The summed E-state index contributed by atoms with van der Waals surface area (Å²) in [5, 5.41) is 9.52. The lowest BCUT2D eigenvalue weighted by Crippen LogP contribution is -1.86. The van der Waals surface area contributed by atoms with Gasteiger partial charge in [-0.15, -0.1) is 0 Å². The zero-order chi connectivity index (χ0) is 8.39. The van der Waals surface area contributed by atoms with Gasteiger partial charge >= 0.3 is 0 Å². The van der Waals surface area contributed by atoms with Crippen LogP contribution in [0, 0.1) is 11.3 Å². The van der Waals surface area contributed by atoms with E-state index in [4.69, 9.17) is 5.26 Å². The molecule has 58 valence electrons. The number of H-pyrrole nitrogens is 1. The number of hydrogen-bond donors (Lipinski definition) is 1. The Labute approximate surface area is 69.7 Å². The number of aromatic amines is 1. The van der Waals surface area contributed by atoms with Crippen LogP contribution in [0.2, 0.25) is 0 Å². The highest BCUT2D eigenvalue weighted by Gasteiger charge is 1.97. The summed E-state index contributed by atoms with van der Waals surface area (Å²) in [5.74, 6) is 0. The summed E-state index contributed by atoms with van der Waals surface area (Å²) < 4.78 is 0.